The first-order valence-electron chi connectivity index (χ1n) is 6.80. The molecule has 1 saturated heterocycles. The standard InChI is InChI=1S/C13H24N2O3/c1-3-5-13(6-8-14-9-7-13)12(18)15-10(4-2)11(16)17/h10,14H,3-9H2,1-2H3,(H,15,18)(H,16,17). The fourth-order valence-corrected chi connectivity index (χ4v) is 2.62. The largest absolute Gasteiger partial charge is 0.480 e. The zero-order valence-corrected chi connectivity index (χ0v) is 11.3. The molecule has 0 aromatic heterocycles. The van der Waals surface area contributed by atoms with Gasteiger partial charge < -0.3 is 15.7 Å². The summed E-state index contributed by atoms with van der Waals surface area (Å²) in [6.45, 7) is 5.49. The van der Waals surface area contributed by atoms with Gasteiger partial charge in [-0.1, -0.05) is 20.3 Å². The molecule has 1 atom stereocenters. The molecule has 104 valence electrons. The monoisotopic (exact) mass is 256 g/mol. The van der Waals surface area contributed by atoms with Gasteiger partial charge in [0.1, 0.15) is 6.04 Å². The summed E-state index contributed by atoms with van der Waals surface area (Å²) in [6, 6.07) is -0.763. The molecule has 0 saturated carbocycles. The number of aliphatic carboxylic acids is 1. The van der Waals surface area contributed by atoms with E-state index in [-0.39, 0.29) is 11.3 Å². The van der Waals surface area contributed by atoms with E-state index in [2.05, 4.69) is 17.6 Å². The first kappa shape index (κ1) is 15.0. The molecule has 0 bridgehead atoms. The fourth-order valence-electron chi connectivity index (χ4n) is 2.62. The Balaban J connectivity index is 2.73. The number of piperidine rings is 1. The van der Waals surface area contributed by atoms with Gasteiger partial charge in [-0.05, 0) is 38.8 Å². The average molecular weight is 256 g/mol. The van der Waals surface area contributed by atoms with Crippen LogP contribution < -0.4 is 10.6 Å². The SMILES string of the molecule is CCCC1(C(=O)NC(CC)C(=O)O)CCNCC1. The average Bonchev–Trinajstić information content (AvgIpc) is 2.36. The highest BCUT2D eigenvalue weighted by molar-refractivity contribution is 5.87. The third-order valence-electron chi connectivity index (χ3n) is 3.78. The first-order valence-corrected chi connectivity index (χ1v) is 6.80. The van der Waals surface area contributed by atoms with Crippen LogP contribution in [-0.4, -0.2) is 36.1 Å². The molecule has 0 aromatic rings. The predicted octanol–water partition coefficient (Wildman–Crippen LogP) is 1.14. The highest BCUT2D eigenvalue weighted by atomic mass is 16.4. The van der Waals surface area contributed by atoms with E-state index in [0.29, 0.717) is 6.42 Å². The Bertz CT molecular complexity index is 293. The summed E-state index contributed by atoms with van der Waals surface area (Å²) in [7, 11) is 0. The Morgan fingerprint density at radius 1 is 1.33 bits per heavy atom. The molecule has 5 nitrogen and oxygen atoms in total. The minimum Gasteiger partial charge on any atom is -0.480 e. The van der Waals surface area contributed by atoms with E-state index >= 15 is 0 Å². The lowest BCUT2D eigenvalue weighted by molar-refractivity contribution is -0.144. The van der Waals surface area contributed by atoms with Crippen LogP contribution in [0.4, 0.5) is 0 Å². The summed E-state index contributed by atoms with van der Waals surface area (Å²) in [5.74, 6) is -1.04. The van der Waals surface area contributed by atoms with Crippen LogP contribution in [0.15, 0.2) is 0 Å². The van der Waals surface area contributed by atoms with Crippen molar-refractivity contribution >= 4 is 11.9 Å². The molecule has 3 N–H and O–H groups in total. The van der Waals surface area contributed by atoms with Crippen molar-refractivity contribution in [1.29, 1.82) is 0 Å². The van der Waals surface area contributed by atoms with Crippen LogP contribution in [0.3, 0.4) is 0 Å². The minimum absolute atomic E-state index is 0.0832. The molecule has 1 fully saturated rings. The van der Waals surface area contributed by atoms with Gasteiger partial charge in [-0.15, -0.1) is 0 Å². The molecular formula is C13H24N2O3. The molecule has 1 heterocycles. The summed E-state index contributed by atoms with van der Waals surface area (Å²) in [5.41, 5.74) is -0.372. The maximum atomic E-state index is 12.4. The van der Waals surface area contributed by atoms with Crippen LogP contribution in [0.5, 0.6) is 0 Å². The minimum atomic E-state index is -0.952. The molecule has 1 amide bonds. The van der Waals surface area contributed by atoms with Gasteiger partial charge in [0.25, 0.3) is 0 Å². The van der Waals surface area contributed by atoms with Gasteiger partial charge in [-0.25, -0.2) is 4.79 Å². The highest BCUT2D eigenvalue weighted by Gasteiger charge is 2.39. The lowest BCUT2D eigenvalue weighted by atomic mass is 9.74. The van der Waals surface area contributed by atoms with Crippen LogP contribution >= 0.6 is 0 Å². The molecular weight excluding hydrogens is 232 g/mol. The lowest BCUT2D eigenvalue weighted by Crippen LogP contribution is -2.51. The van der Waals surface area contributed by atoms with Gasteiger partial charge in [0, 0.05) is 0 Å². The number of carboxylic acid groups (broad SMARTS) is 1. The van der Waals surface area contributed by atoms with Crippen LogP contribution in [0.25, 0.3) is 0 Å². The lowest BCUT2D eigenvalue weighted by Gasteiger charge is -2.36. The normalized spacial score (nSPS) is 20.1. The third-order valence-corrected chi connectivity index (χ3v) is 3.78. The molecule has 0 radical (unpaired) electrons. The van der Waals surface area contributed by atoms with Crippen LogP contribution in [0.1, 0.15) is 46.0 Å². The number of hydrogen-bond acceptors (Lipinski definition) is 3. The summed E-state index contributed by atoms with van der Waals surface area (Å²) in [6.07, 6.45) is 3.78. The fraction of sp³-hybridized carbons (Fsp3) is 0.846. The Kier molecular flexibility index (Phi) is 5.59. The summed E-state index contributed by atoms with van der Waals surface area (Å²) in [4.78, 5) is 23.4. The summed E-state index contributed by atoms with van der Waals surface area (Å²) in [5, 5.41) is 14.9. The van der Waals surface area contributed by atoms with E-state index in [1.807, 2.05) is 0 Å². The van der Waals surface area contributed by atoms with E-state index in [9.17, 15) is 9.59 Å². The molecule has 18 heavy (non-hydrogen) atoms. The summed E-state index contributed by atoms with van der Waals surface area (Å²) >= 11 is 0. The molecule has 1 unspecified atom stereocenters. The highest BCUT2D eigenvalue weighted by Crippen LogP contribution is 2.34. The van der Waals surface area contributed by atoms with E-state index in [1.165, 1.54) is 0 Å². The molecule has 5 heteroatoms. The second-order valence-electron chi connectivity index (χ2n) is 5.05. The van der Waals surface area contributed by atoms with Gasteiger partial charge in [0.2, 0.25) is 5.91 Å². The van der Waals surface area contributed by atoms with E-state index < -0.39 is 12.0 Å². The number of carbonyl (C=O) groups is 2. The molecule has 1 aliphatic rings. The van der Waals surface area contributed by atoms with Crippen molar-refractivity contribution in [2.75, 3.05) is 13.1 Å². The third kappa shape index (κ3) is 3.45. The molecule has 1 aliphatic heterocycles. The van der Waals surface area contributed by atoms with Crippen molar-refractivity contribution in [2.45, 2.75) is 52.0 Å². The molecule has 0 aromatic carbocycles. The Hall–Kier alpha value is -1.10. The second-order valence-corrected chi connectivity index (χ2v) is 5.05. The second kappa shape index (κ2) is 6.73. The van der Waals surface area contributed by atoms with Crippen molar-refractivity contribution in [1.82, 2.24) is 10.6 Å². The number of carboxylic acids is 1. The molecule has 0 spiro atoms. The Labute approximate surface area is 108 Å². The topological polar surface area (TPSA) is 78.4 Å². The van der Waals surface area contributed by atoms with Crippen LogP contribution in [-0.2, 0) is 9.59 Å². The van der Waals surface area contributed by atoms with E-state index in [4.69, 9.17) is 5.11 Å². The number of hydrogen-bond donors (Lipinski definition) is 3. The van der Waals surface area contributed by atoms with Gasteiger partial charge in [-0.2, -0.15) is 0 Å². The number of rotatable bonds is 6. The van der Waals surface area contributed by atoms with Crippen molar-refractivity contribution in [3.63, 3.8) is 0 Å². The predicted molar refractivity (Wildman–Crippen MR) is 69.3 cm³/mol. The number of nitrogens with one attached hydrogen (secondary N) is 2. The zero-order chi connectivity index (χ0) is 13.6. The van der Waals surface area contributed by atoms with Crippen molar-refractivity contribution in [3.05, 3.63) is 0 Å². The molecule has 1 rings (SSSR count). The van der Waals surface area contributed by atoms with Crippen LogP contribution in [0.2, 0.25) is 0 Å². The first-order chi connectivity index (χ1) is 8.55. The maximum Gasteiger partial charge on any atom is 0.326 e. The van der Waals surface area contributed by atoms with Crippen molar-refractivity contribution < 1.29 is 14.7 Å². The Morgan fingerprint density at radius 2 is 1.94 bits per heavy atom. The van der Waals surface area contributed by atoms with Gasteiger partial charge in [-0.3, -0.25) is 4.79 Å². The van der Waals surface area contributed by atoms with Crippen molar-refractivity contribution in [2.24, 2.45) is 5.41 Å². The summed E-state index contributed by atoms with van der Waals surface area (Å²) < 4.78 is 0. The number of carbonyl (C=O) groups excluding carboxylic acids is 1. The number of amides is 1. The van der Waals surface area contributed by atoms with Gasteiger partial charge in [0.15, 0.2) is 0 Å². The maximum absolute atomic E-state index is 12.4. The van der Waals surface area contributed by atoms with Gasteiger partial charge >= 0.3 is 5.97 Å². The van der Waals surface area contributed by atoms with Crippen molar-refractivity contribution in [3.8, 4) is 0 Å². The van der Waals surface area contributed by atoms with E-state index in [0.717, 1.165) is 38.8 Å². The smallest absolute Gasteiger partial charge is 0.326 e. The van der Waals surface area contributed by atoms with Crippen LogP contribution in [0, 0.1) is 5.41 Å². The van der Waals surface area contributed by atoms with E-state index in [1.54, 1.807) is 6.92 Å². The Morgan fingerprint density at radius 3 is 2.39 bits per heavy atom. The quantitative estimate of drug-likeness (QED) is 0.666. The zero-order valence-electron chi connectivity index (χ0n) is 11.3. The molecule has 0 aliphatic carbocycles. The van der Waals surface area contributed by atoms with Gasteiger partial charge in [0.05, 0.1) is 5.41 Å².